The molecule has 1 aromatic rings. The molecule has 0 aliphatic carbocycles. The number of carbonyl (C=O) groups excluding carboxylic acids is 2. The van der Waals surface area contributed by atoms with Crippen LogP contribution in [0.25, 0.3) is 6.08 Å². The summed E-state index contributed by atoms with van der Waals surface area (Å²) in [5.41, 5.74) is 2.04. The number of benzene rings is 1. The van der Waals surface area contributed by atoms with Crippen LogP contribution < -0.4 is 5.32 Å². The van der Waals surface area contributed by atoms with Crippen LogP contribution in [0.5, 0.6) is 0 Å². The topological polar surface area (TPSA) is 86.7 Å². The third-order valence-corrected chi connectivity index (χ3v) is 5.98. The number of carboxylic acids is 1. The van der Waals surface area contributed by atoms with Gasteiger partial charge in [0.25, 0.3) is 5.91 Å². The van der Waals surface area contributed by atoms with Gasteiger partial charge < -0.3 is 10.4 Å². The van der Waals surface area contributed by atoms with E-state index in [1.807, 2.05) is 38.1 Å². The number of nitrogens with zero attached hydrogens (tertiary/aromatic N) is 1. The smallest absolute Gasteiger partial charge is 0.326 e. The number of carboxylic acid groups (broad SMARTS) is 1. The summed E-state index contributed by atoms with van der Waals surface area (Å²) in [5, 5.41) is 11.8. The highest BCUT2D eigenvalue weighted by Crippen LogP contribution is 2.32. The van der Waals surface area contributed by atoms with Crippen molar-refractivity contribution in [2.75, 3.05) is 6.54 Å². The maximum Gasteiger partial charge on any atom is 0.326 e. The van der Waals surface area contributed by atoms with E-state index < -0.39 is 17.9 Å². The largest absolute Gasteiger partial charge is 0.480 e. The molecular formula is C20H24N2O4S2. The van der Waals surface area contributed by atoms with E-state index in [2.05, 4.69) is 5.32 Å². The molecule has 0 spiro atoms. The van der Waals surface area contributed by atoms with E-state index in [4.69, 9.17) is 12.2 Å². The second-order valence-electron chi connectivity index (χ2n) is 6.76. The minimum absolute atomic E-state index is 0.00946. The van der Waals surface area contributed by atoms with Crippen LogP contribution in [-0.2, 0) is 14.4 Å². The van der Waals surface area contributed by atoms with E-state index >= 15 is 0 Å². The lowest BCUT2D eigenvalue weighted by Gasteiger charge is -2.21. The Morgan fingerprint density at radius 1 is 1.32 bits per heavy atom. The number of thioether (sulfide) groups is 1. The summed E-state index contributed by atoms with van der Waals surface area (Å²) in [4.78, 5) is 38.0. The van der Waals surface area contributed by atoms with E-state index in [1.165, 1.54) is 16.7 Å². The summed E-state index contributed by atoms with van der Waals surface area (Å²) >= 11 is 6.48. The fraction of sp³-hybridized carbons (Fsp3) is 0.400. The average molecular weight is 421 g/mol. The molecule has 1 fully saturated rings. The normalized spacial score (nSPS) is 17.7. The fourth-order valence-electron chi connectivity index (χ4n) is 2.65. The molecule has 2 rings (SSSR count). The molecule has 0 radical (unpaired) electrons. The molecule has 0 bridgehead atoms. The predicted molar refractivity (Wildman–Crippen MR) is 115 cm³/mol. The molecule has 1 aliphatic rings. The van der Waals surface area contributed by atoms with Crippen LogP contribution in [-0.4, -0.2) is 44.7 Å². The summed E-state index contributed by atoms with van der Waals surface area (Å²) in [7, 11) is 0. The van der Waals surface area contributed by atoms with E-state index in [0.717, 1.165) is 11.1 Å². The molecule has 2 amide bonds. The maximum atomic E-state index is 12.6. The number of rotatable bonds is 8. The SMILES string of the molecule is CCC(C)C(NC(=O)CCN1C(=O)/C(=C/c2ccc(C)cc2)SC1=S)C(=O)O. The number of hydrogen-bond acceptors (Lipinski definition) is 5. The Balaban J connectivity index is 1.98. The van der Waals surface area contributed by atoms with Crippen molar-refractivity contribution in [1.29, 1.82) is 0 Å². The van der Waals surface area contributed by atoms with Crippen LogP contribution in [0.1, 0.15) is 37.8 Å². The Kier molecular flexibility index (Phi) is 7.77. The minimum atomic E-state index is -1.06. The molecule has 1 heterocycles. The van der Waals surface area contributed by atoms with Gasteiger partial charge in [0.15, 0.2) is 0 Å². The lowest BCUT2D eigenvalue weighted by Crippen LogP contribution is -2.46. The van der Waals surface area contributed by atoms with Crippen molar-refractivity contribution < 1.29 is 19.5 Å². The molecule has 0 aromatic heterocycles. The zero-order valence-corrected chi connectivity index (χ0v) is 17.7. The second-order valence-corrected chi connectivity index (χ2v) is 8.44. The number of hydrogen-bond donors (Lipinski definition) is 2. The quantitative estimate of drug-likeness (QED) is 0.496. The number of aliphatic carboxylic acids is 1. The molecule has 28 heavy (non-hydrogen) atoms. The first-order valence-corrected chi connectivity index (χ1v) is 10.3. The van der Waals surface area contributed by atoms with E-state index in [1.54, 1.807) is 13.0 Å². The second kappa shape index (κ2) is 9.84. The van der Waals surface area contributed by atoms with Gasteiger partial charge in [0.1, 0.15) is 10.4 Å². The van der Waals surface area contributed by atoms with Crippen molar-refractivity contribution in [3.8, 4) is 0 Å². The number of amides is 2. The summed E-state index contributed by atoms with van der Waals surface area (Å²) in [6.07, 6.45) is 2.41. The van der Waals surface area contributed by atoms with Crippen molar-refractivity contribution in [3.05, 3.63) is 40.3 Å². The van der Waals surface area contributed by atoms with Gasteiger partial charge in [-0.3, -0.25) is 14.5 Å². The minimum Gasteiger partial charge on any atom is -0.480 e. The highest BCUT2D eigenvalue weighted by atomic mass is 32.2. The Morgan fingerprint density at radius 3 is 2.54 bits per heavy atom. The molecule has 2 unspecified atom stereocenters. The molecule has 150 valence electrons. The van der Waals surface area contributed by atoms with Crippen LogP contribution in [0.4, 0.5) is 0 Å². The van der Waals surface area contributed by atoms with Crippen molar-refractivity contribution >= 4 is 52.2 Å². The van der Waals surface area contributed by atoms with Gasteiger partial charge in [-0.15, -0.1) is 0 Å². The fourth-order valence-corrected chi connectivity index (χ4v) is 3.96. The van der Waals surface area contributed by atoms with Crippen molar-refractivity contribution in [3.63, 3.8) is 0 Å². The van der Waals surface area contributed by atoms with Crippen molar-refractivity contribution in [2.24, 2.45) is 5.92 Å². The number of carbonyl (C=O) groups is 3. The Bertz CT molecular complexity index is 805. The number of aryl methyl sites for hydroxylation is 1. The lowest BCUT2D eigenvalue weighted by atomic mass is 9.99. The van der Waals surface area contributed by atoms with Crippen molar-refractivity contribution in [2.45, 2.75) is 39.7 Å². The third kappa shape index (κ3) is 5.65. The van der Waals surface area contributed by atoms with E-state index in [9.17, 15) is 19.5 Å². The molecule has 6 nitrogen and oxygen atoms in total. The average Bonchev–Trinajstić information content (AvgIpc) is 2.92. The van der Waals surface area contributed by atoms with E-state index in [0.29, 0.717) is 15.6 Å². The monoisotopic (exact) mass is 420 g/mol. The van der Waals surface area contributed by atoms with Gasteiger partial charge in [-0.25, -0.2) is 4.79 Å². The van der Waals surface area contributed by atoms with Crippen LogP contribution in [0.15, 0.2) is 29.2 Å². The predicted octanol–water partition coefficient (Wildman–Crippen LogP) is 3.20. The number of thiocarbonyl (C=S) groups is 1. The first kappa shape index (κ1) is 22.1. The summed E-state index contributed by atoms with van der Waals surface area (Å²) in [6, 6.07) is 6.84. The van der Waals surface area contributed by atoms with Crippen molar-refractivity contribution in [1.82, 2.24) is 10.2 Å². The van der Waals surface area contributed by atoms with Crippen LogP contribution in [0.2, 0.25) is 0 Å². The summed E-state index contributed by atoms with van der Waals surface area (Å²) in [5.74, 6) is -1.89. The van der Waals surface area contributed by atoms with Gasteiger partial charge in [0, 0.05) is 13.0 Å². The van der Waals surface area contributed by atoms with Gasteiger partial charge in [0.2, 0.25) is 5.91 Å². The Labute approximate surface area is 174 Å². The van der Waals surface area contributed by atoms with Gasteiger partial charge in [-0.05, 0) is 24.5 Å². The third-order valence-electron chi connectivity index (χ3n) is 4.61. The molecular weight excluding hydrogens is 396 g/mol. The standard InChI is InChI=1S/C20H24N2O4S2/c1-4-13(3)17(19(25)26)21-16(23)9-10-22-18(24)15(28-20(22)27)11-14-7-5-12(2)6-8-14/h5-8,11,13,17H,4,9-10H2,1-3H3,(H,21,23)(H,25,26)/b15-11-. The summed E-state index contributed by atoms with van der Waals surface area (Å²) < 4.78 is 0.396. The molecule has 0 saturated carbocycles. The first-order chi connectivity index (χ1) is 13.2. The Morgan fingerprint density at radius 2 is 1.96 bits per heavy atom. The maximum absolute atomic E-state index is 12.6. The molecule has 2 N–H and O–H groups in total. The van der Waals surface area contributed by atoms with E-state index in [-0.39, 0.29) is 24.8 Å². The van der Waals surface area contributed by atoms with Crippen LogP contribution in [0.3, 0.4) is 0 Å². The zero-order chi connectivity index (χ0) is 20.8. The molecule has 1 aromatic carbocycles. The Hall–Kier alpha value is -2.19. The zero-order valence-electron chi connectivity index (χ0n) is 16.1. The van der Waals surface area contributed by atoms with Gasteiger partial charge in [0.05, 0.1) is 4.91 Å². The van der Waals surface area contributed by atoms with Crippen LogP contribution >= 0.6 is 24.0 Å². The van der Waals surface area contributed by atoms with Gasteiger partial charge in [-0.2, -0.15) is 0 Å². The molecule has 1 saturated heterocycles. The lowest BCUT2D eigenvalue weighted by molar-refractivity contribution is -0.143. The highest BCUT2D eigenvalue weighted by molar-refractivity contribution is 8.26. The molecule has 1 aliphatic heterocycles. The molecule has 8 heteroatoms. The van der Waals surface area contributed by atoms with Crippen LogP contribution in [0, 0.1) is 12.8 Å². The van der Waals surface area contributed by atoms with Gasteiger partial charge >= 0.3 is 5.97 Å². The first-order valence-electron chi connectivity index (χ1n) is 9.07. The molecule has 2 atom stereocenters. The van der Waals surface area contributed by atoms with Gasteiger partial charge in [-0.1, -0.05) is 74.1 Å². The summed E-state index contributed by atoms with van der Waals surface area (Å²) in [6.45, 7) is 5.75. The number of nitrogens with one attached hydrogen (secondary N) is 1. The highest BCUT2D eigenvalue weighted by Gasteiger charge is 2.32.